The third-order valence-electron chi connectivity index (χ3n) is 6.58. The summed E-state index contributed by atoms with van der Waals surface area (Å²) in [7, 11) is 3.18. The lowest BCUT2D eigenvalue weighted by atomic mass is 10.1. The van der Waals surface area contributed by atoms with Gasteiger partial charge in [0.05, 0.1) is 36.3 Å². The van der Waals surface area contributed by atoms with Gasteiger partial charge in [0, 0.05) is 19.2 Å². The van der Waals surface area contributed by atoms with Crippen molar-refractivity contribution < 1.29 is 14.3 Å². The molecule has 1 unspecified atom stereocenters. The number of para-hydroxylation sites is 1. The average Bonchev–Trinajstić information content (AvgIpc) is 2.95. The van der Waals surface area contributed by atoms with Crippen LogP contribution in [0.5, 0.6) is 5.75 Å². The lowest BCUT2D eigenvalue weighted by molar-refractivity contribution is 0.0579. The molecule has 0 saturated heterocycles. The van der Waals surface area contributed by atoms with Crippen LogP contribution in [0, 0.1) is 0 Å². The molecule has 4 aromatic rings. The quantitative estimate of drug-likeness (QED) is 0.300. The first-order chi connectivity index (χ1) is 18.0. The fourth-order valence-corrected chi connectivity index (χ4v) is 4.56. The van der Waals surface area contributed by atoms with Gasteiger partial charge in [0.15, 0.2) is 0 Å². The van der Waals surface area contributed by atoms with E-state index in [0.717, 1.165) is 12.1 Å². The maximum atomic E-state index is 13.9. The fraction of sp³-hybridized carbons (Fsp3) is 0.300. The number of fused-ring (bicyclic) bond motifs is 1. The zero-order valence-electron chi connectivity index (χ0n) is 21.8. The molecule has 1 amide bonds. The molecule has 3 aromatic carbocycles. The molecule has 37 heavy (non-hydrogen) atoms. The Morgan fingerprint density at radius 2 is 1.76 bits per heavy atom. The van der Waals surface area contributed by atoms with Gasteiger partial charge in [0.25, 0.3) is 11.5 Å². The lowest BCUT2D eigenvalue weighted by Crippen LogP contribution is -2.40. The molecule has 0 radical (unpaired) electrons. The van der Waals surface area contributed by atoms with E-state index in [1.54, 1.807) is 54.0 Å². The zero-order chi connectivity index (χ0) is 26.4. The van der Waals surface area contributed by atoms with E-state index in [9.17, 15) is 9.59 Å². The zero-order valence-corrected chi connectivity index (χ0v) is 21.8. The topological polar surface area (TPSA) is 73.7 Å². The molecule has 1 heterocycles. The molecule has 0 aliphatic carbocycles. The van der Waals surface area contributed by atoms with Crippen LogP contribution < -0.4 is 10.3 Å². The molecule has 4 rings (SSSR count). The van der Waals surface area contributed by atoms with Crippen molar-refractivity contribution in [3.05, 3.63) is 100 Å². The maximum absolute atomic E-state index is 13.9. The highest BCUT2D eigenvalue weighted by Crippen LogP contribution is 2.28. The Morgan fingerprint density at radius 3 is 2.43 bits per heavy atom. The molecule has 0 aliphatic heterocycles. The van der Waals surface area contributed by atoms with Gasteiger partial charge in [0.1, 0.15) is 11.6 Å². The molecule has 0 N–H and O–H groups in total. The fourth-order valence-electron chi connectivity index (χ4n) is 4.56. The van der Waals surface area contributed by atoms with Gasteiger partial charge in [-0.05, 0) is 60.9 Å². The van der Waals surface area contributed by atoms with E-state index in [1.807, 2.05) is 49.4 Å². The summed E-state index contributed by atoms with van der Waals surface area (Å²) < 4.78 is 12.4. The minimum atomic E-state index is -0.475. The summed E-state index contributed by atoms with van der Waals surface area (Å²) in [4.78, 5) is 34.4. The predicted molar refractivity (Wildman–Crippen MR) is 146 cm³/mol. The SMILES string of the molecule is CCc1ccc(-n2c(C(CC)N(CCOC)C(=O)c3cccc(OC)c3)nc3ccccc3c2=O)cc1. The Labute approximate surface area is 217 Å². The van der Waals surface area contributed by atoms with E-state index >= 15 is 0 Å². The van der Waals surface area contributed by atoms with Gasteiger partial charge in [-0.25, -0.2) is 4.98 Å². The number of carbonyl (C=O) groups excluding carboxylic acids is 1. The second-order valence-electron chi connectivity index (χ2n) is 8.80. The summed E-state index contributed by atoms with van der Waals surface area (Å²) in [5.41, 5.74) is 2.83. The number of ether oxygens (including phenoxy) is 2. The van der Waals surface area contributed by atoms with Gasteiger partial charge < -0.3 is 14.4 Å². The number of benzene rings is 3. The van der Waals surface area contributed by atoms with Gasteiger partial charge in [0.2, 0.25) is 0 Å². The molecule has 7 heteroatoms. The predicted octanol–water partition coefficient (Wildman–Crippen LogP) is 5.20. The Balaban J connectivity index is 1.92. The van der Waals surface area contributed by atoms with Crippen molar-refractivity contribution >= 4 is 16.8 Å². The summed E-state index contributed by atoms with van der Waals surface area (Å²) in [5.74, 6) is 0.934. The minimum Gasteiger partial charge on any atom is -0.497 e. The van der Waals surface area contributed by atoms with Crippen LogP contribution in [0.2, 0.25) is 0 Å². The third kappa shape index (κ3) is 5.42. The largest absolute Gasteiger partial charge is 0.497 e. The van der Waals surface area contributed by atoms with Crippen LogP contribution in [0.4, 0.5) is 0 Å². The summed E-state index contributed by atoms with van der Waals surface area (Å²) in [5, 5.41) is 0.531. The Bertz CT molecular complexity index is 1430. The highest BCUT2D eigenvalue weighted by Gasteiger charge is 2.30. The van der Waals surface area contributed by atoms with Gasteiger partial charge in [-0.2, -0.15) is 0 Å². The third-order valence-corrected chi connectivity index (χ3v) is 6.58. The average molecular weight is 500 g/mol. The van der Waals surface area contributed by atoms with Gasteiger partial charge >= 0.3 is 0 Å². The van der Waals surface area contributed by atoms with Crippen molar-refractivity contribution in [2.75, 3.05) is 27.4 Å². The van der Waals surface area contributed by atoms with E-state index in [1.165, 1.54) is 5.56 Å². The van der Waals surface area contributed by atoms with Gasteiger partial charge in [-0.3, -0.25) is 14.2 Å². The smallest absolute Gasteiger partial charge is 0.266 e. The highest BCUT2D eigenvalue weighted by molar-refractivity contribution is 5.95. The van der Waals surface area contributed by atoms with E-state index in [4.69, 9.17) is 14.5 Å². The second-order valence-corrected chi connectivity index (χ2v) is 8.80. The molecule has 0 spiro atoms. The number of carbonyl (C=O) groups is 1. The van der Waals surface area contributed by atoms with Gasteiger partial charge in [-0.1, -0.05) is 44.2 Å². The summed E-state index contributed by atoms with van der Waals surface area (Å²) in [6, 6.07) is 21.9. The Kier molecular flexibility index (Phi) is 8.36. The van der Waals surface area contributed by atoms with Gasteiger partial charge in [-0.15, -0.1) is 0 Å². The molecule has 1 atom stereocenters. The number of aromatic nitrogens is 2. The standard InChI is InChI=1S/C30H33N3O4/c1-5-21-14-16-23(17-15-21)33-28(31-26-13-8-7-12-25(26)30(33)35)27(6-2)32(18-19-36-3)29(34)22-10-9-11-24(20-22)37-4/h7-17,20,27H,5-6,18-19H2,1-4H3. The summed E-state index contributed by atoms with van der Waals surface area (Å²) in [6.45, 7) is 4.77. The minimum absolute atomic E-state index is 0.163. The van der Waals surface area contributed by atoms with Crippen molar-refractivity contribution in [3.8, 4) is 11.4 Å². The van der Waals surface area contributed by atoms with Crippen molar-refractivity contribution in [2.45, 2.75) is 32.7 Å². The molecular formula is C30H33N3O4. The van der Waals surface area contributed by atoms with Crippen molar-refractivity contribution in [1.29, 1.82) is 0 Å². The van der Waals surface area contributed by atoms with E-state index in [2.05, 4.69) is 6.92 Å². The molecule has 7 nitrogen and oxygen atoms in total. The molecule has 0 bridgehead atoms. The first-order valence-electron chi connectivity index (χ1n) is 12.6. The van der Waals surface area contributed by atoms with Crippen LogP contribution in [-0.2, 0) is 11.2 Å². The second kappa shape index (κ2) is 11.8. The molecular weight excluding hydrogens is 466 g/mol. The van der Waals surface area contributed by atoms with Crippen LogP contribution in [0.1, 0.15) is 48.1 Å². The van der Waals surface area contributed by atoms with E-state index in [0.29, 0.717) is 47.6 Å². The summed E-state index contributed by atoms with van der Waals surface area (Å²) in [6.07, 6.45) is 1.45. The molecule has 192 valence electrons. The first-order valence-corrected chi connectivity index (χ1v) is 12.6. The first kappa shape index (κ1) is 26.1. The summed E-state index contributed by atoms with van der Waals surface area (Å²) >= 11 is 0. The Hall–Kier alpha value is -3.97. The monoisotopic (exact) mass is 499 g/mol. The van der Waals surface area contributed by atoms with E-state index < -0.39 is 6.04 Å². The lowest BCUT2D eigenvalue weighted by Gasteiger charge is -2.32. The number of rotatable bonds is 10. The molecule has 1 aromatic heterocycles. The van der Waals surface area contributed by atoms with Crippen LogP contribution in [0.15, 0.2) is 77.6 Å². The number of hydrogen-bond acceptors (Lipinski definition) is 5. The van der Waals surface area contributed by atoms with Crippen LogP contribution in [0.25, 0.3) is 16.6 Å². The van der Waals surface area contributed by atoms with Crippen LogP contribution in [0.3, 0.4) is 0 Å². The maximum Gasteiger partial charge on any atom is 0.266 e. The van der Waals surface area contributed by atoms with E-state index in [-0.39, 0.29) is 11.5 Å². The Morgan fingerprint density at radius 1 is 1.00 bits per heavy atom. The highest BCUT2D eigenvalue weighted by atomic mass is 16.5. The number of methoxy groups -OCH3 is 2. The molecule has 0 aliphatic rings. The number of aryl methyl sites for hydroxylation is 1. The van der Waals surface area contributed by atoms with Crippen LogP contribution >= 0.6 is 0 Å². The normalized spacial score (nSPS) is 11.9. The number of nitrogens with zero attached hydrogens (tertiary/aromatic N) is 3. The molecule has 0 saturated carbocycles. The van der Waals surface area contributed by atoms with Crippen LogP contribution in [-0.4, -0.2) is 47.7 Å². The molecule has 0 fully saturated rings. The van der Waals surface area contributed by atoms with Crippen molar-refractivity contribution in [2.24, 2.45) is 0 Å². The number of hydrogen-bond donors (Lipinski definition) is 0. The number of amides is 1. The van der Waals surface area contributed by atoms with Crippen molar-refractivity contribution in [3.63, 3.8) is 0 Å². The van der Waals surface area contributed by atoms with Crippen molar-refractivity contribution in [1.82, 2.24) is 14.5 Å².